The minimum atomic E-state index is -0.573. The molecule has 0 spiro atoms. The molecule has 1 unspecified atom stereocenters. The van der Waals surface area contributed by atoms with Crippen molar-refractivity contribution in [1.29, 1.82) is 0 Å². The highest BCUT2D eigenvalue weighted by Crippen LogP contribution is 2.14. The van der Waals surface area contributed by atoms with Gasteiger partial charge in [0.25, 0.3) is 0 Å². The van der Waals surface area contributed by atoms with Crippen LogP contribution < -0.4 is 0 Å². The summed E-state index contributed by atoms with van der Waals surface area (Å²) in [4.78, 5) is 11.6. The van der Waals surface area contributed by atoms with E-state index in [9.17, 15) is 4.79 Å². The molecule has 0 aromatic heterocycles. The fourth-order valence-electron chi connectivity index (χ4n) is 2.57. The molecular formula is C27H44O3. The molecule has 0 N–H and O–H groups in total. The fraction of sp³-hybridized carbons (Fsp3) is 0.593. The van der Waals surface area contributed by atoms with Crippen molar-refractivity contribution in [2.75, 3.05) is 6.61 Å². The van der Waals surface area contributed by atoms with Crippen molar-refractivity contribution in [3.63, 3.8) is 0 Å². The lowest BCUT2D eigenvalue weighted by molar-refractivity contribution is -0.0137. The Bertz CT molecular complexity index is 559. The van der Waals surface area contributed by atoms with E-state index in [0.29, 0.717) is 12.5 Å². The predicted octanol–water partition coefficient (Wildman–Crippen LogP) is 8.50. The highest BCUT2D eigenvalue weighted by atomic mass is 16.7. The molecule has 0 saturated carbocycles. The van der Waals surface area contributed by atoms with Gasteiger partial charge in [0, 0.05) is 0 Å². The summed E-state index contributed by atoms with van der Waals surface area (Å²) >= 11 is 0. The zero-order valence-electron chi connectivity index (χ0n) is 19.9. The third-order valence-electron chi connectivity index (χ3n) is 4.30. The lowest BCUT2D eigenvalue weighted by Gasteiger charge is -2.20. The summed E-state index contributed by atoms with van der Waals surface area (Å²) in [5.41, 5.74) is -0.506. The molecule has 0 aliphatic carbocycles. The molecule has 170 valence electrons. The smallest absolute Gasteiger partial charge is 0.434 e. The van der Waals surface area contributed by atoms with E-state index in [2.05, 4.69) is 74.6 Å². The molecule has 30 heavy (non-hydrogen) atoms. The summed E-state index contributed by atoms with van der Waals surface area (Å²) in [7, 11) is 0. The molecule has 3 heteroatoms. The molecule has 0 rings (SSSR count). The van der Waals surface area contributed by atoms with Gasteiger partial charge in [-0.15, -0.1) is 0 Å². The van der Waals surface area contributed by atoms with Crippen LogP contribution in [0.25, 0.3) is 0 Å². The number of allylic oxidation sites excluding steroid dienone is 10. The maximum Gasteiger partial charge on any atom is 0.508 e. The third-order valence-corrected chi connectivity index (χ3v) is 4.30. The van der Waals surface area contributed by atoms with Gasteiger partial charge in [-0.25, -0.2) is 4.79 Å². The van der Waals surface area contributed by atoms with Crippen molar-refractivity contribution in [3.8, 4) is 0 Å². The van der Waals surface area contributed by atoms with Crippen molar-refractivity contribution in [1.82, 2.24) is 0 Å². The van der Waals surface area contributed by atoms with Gasteiger partial charge in [-0.05, 0) is 71.6 Å². The third kappa shape index (κ3) is 20.7. The summed E-state index contributed by atoms with van der Waals surface area (Å²) in [6.07, 6.45) is 29.6. The molecule has 0 saturated heterocycles. The highest BCUT2D eigenvalue weighted by molar-refractivity contribution is 5.60. The Balaban J connectivity index is 3.79. The zero-order chi connectivity index (χ0) is 22.5. The number of carbonyl (C=O) groups is 1. The Morgan fingerprint density at radius 1 is 0.767 bits per heavy atom. The number of carbonyl (C=O) groups excluding carboxylic acids is 1. The van der Waals surface area contributed by atoms with Crippen molar-refractivity contribution in [2.45, 2.75) is 91.6 Å². The lowest BCUT2D eigenvalue weighted by Crippen LogP contribution is -2.25. The molecule has 0 aromatic carbocycles. The minimum Gasteiger partial charge on any atom is -0.434 e. The Morgan fingerprint density at radius 3 is 1.67 bits per heavy atom. The molecule has 3 nitrogen and oxygen atoms in total. The average molecular weight is 417 g/mol. The second kappa shape index (κ2) is 19.0. The Kier molecular flexibility index (Phi) is 17.7. The quantitative estimate of drug-likeness (QED) is 0.198. The van der Waals surface area contributed by atoms with Crippen molar-refractivity contribution in [3.05, 3.63) is 60.8 Å². The van der Waals surface area contributed by atoms with Crippen LogP contribution >= 0.6 is 0 Å². The van der Waals surface area contributed by atoms with Gasteiger partial charge in [0.05, 0.1) is 6.61 Å². The molecule has 0 amide bonds. The topological polar surface area (TPSA) is 35.5 Å². The van der Waals surface area contributed by atoms with Crippen molar-refractivity contribution >= 4 is 6.16 Å². The van der Waals surface area contributed by atoms with Gasteiger partial charge < -0.3 is 9.47 Å². The summed E-state index contributed by atoms with van der Waals surface area (Å²) in [5.74, 6) is 0.375. The maximum absolute atomic E-state index is 11.6. The van der Waals surface area contributed by atoms with Crippen LogP contribution in [0.4, 0.5) is 4.79 Å². The second-order valence-corrected chi connectivity index (χ2v) is 8.34. The molecule has 0 aliphatic rings. The van der Waals surface area contributed by atoms with E-state index in [1.807, 2.05) is 20.8 Å². The van der Waals surface area contributed by atoms with E-state index in [0.717, 1.165) is 51.4 Å². The molecule has 0 radical (unpaired) electrons. The first-order valence-electron chi connectivity index (χ1n) is 11.5. The van der Waals surface area contributed by atoms with E-state index >= 15 is 0 Å². The van der Waals surface area contributed by atoms with Crippen LogP contribution in [-0.4, -0.2) is 18.4 Å². The molecular weight excluding hydrogens is 372 g/mol. The van der Waals surface area contributed by atoms with Gasteiger partial charge in [-0.1, -0.05) is 81.0 Å². The molecule has 0 aliphatic heterocycles. The van der Waals surface area contributed by atoms with Crippen LogP contribution in [0.15, 0.2) is 60.8 Å². The van der Waals surface area contributed by atoms with Crippen LogP contribution in [-0.2, 0) is 9.47 Å². The van der Waals surface area contributed by atoms with E-state index in [4.69, 9.17) is 9.47 Å². The molecule has 0 bridgehead atoms. The highest BCUT2D eigenvalue weighted by Gasteiger charge is 2.18. The van der Waals surface area contributed by atoms with E-state index < -0.39 is 11.8 Å². The van der Waals surface area contributed by atoms with Crippen LogP contribution in [0.3, 0.4) is 0 Å². The largest absolute Gasteiger partial charge is 0.508 e. The van der Waals surface area contributed by atoms with Crippen LogP contribution in [0, 0.1) is 5.92 Å². The van der Waals surface area contributed by atoms with Gasteiger partial charge in [0.15, 0.2) is 0 Å². The van der Waals surface area contributed by atoms with Crippen LogP contribution in [0.5, 0.6) is 0 Å². The van der Waals surface area contributed by atoms with E-state index in [-0.39, 0.29) is 0 Å². The number of rotatable bonds is 15. The maximum atomic E-state index is 11.6. The molecule has 0 fully saturated rings. The van der Waals surface area contributed by atoms with E-state index in [1.165, 1.54) is 0 Å². The van der Waals surface area contributed by atoms with Gasteiger partial charge in [-0.2, -0.15) is 0 Å². The van der Waals surface area contributed by atoms with E-state index in [1.54, 1.807) is 0 Å². The number of hydrogen-bond acceptors (Lipinski definition) is 3. The second-order valence-electron chi connectivity index (χ2n) is 8.34. The summed E-state index contributed by atoms with van der Waals surface area (Å²) in [6.45, 7) is 10.2. The first-order valence-corrected chi connectivity index (χ1v) is 11.5. The van der Waals surface area contributed by atoms with Crippen LogP contribution in [0.1, 0.15) is 86.0 Å². The summed E-state index contributed by atoms with van der Waals surface area (Å²) < 4.78 is 10.4. The zero-order valence-corrected chi connectivity index (χ0v) is 19.9. The molecule has 1 atom stereocenters. The monoisotopic (exact) mass is 416 g/mol. The minimum absolute atomic E-state index is 0.375. The predicted molar refractivity (Wildman–Crippen MR) is 130 cm³/mol. The Labute approximate surface area is 185 Å². The normalized spacial score (nSPS) is 14.0. The van der Waals surface area contributed by atoms with Gasteiger partial charge >= 0.3 is 6.16 Å². The molecule has 0 aromatic rings. The SMILES string of the molecule is CC/C=C\C/C=C\C/C=C\C/C=C\C/C=C\CCC(CC)COC(=O)OC(C)(C)C. The Hall–Kier alpha value is -2.03. The van der Waals surface area contributed by atoms with Crippen LogP contribution in [0.2, 0.25) is 0 Å². The number of ether oxygens (including phenoxy) is 2. The standard InChI is InChI=1S/C27H44O3/c1-6-8-9-10-11-12-13-14-15-16-17-18-19-20-21-22-23-25(7-2)24-29-26(28)30-27(3,4)5/h8-9,11-12,14-15,17-18,20-21,25H,6-7,10,13,16,19,22-24H2,1-5H3/b9-8-,12-11-,15-14-,18-17-,21-20-. The first-order chi connectivity index (χ1) is 14.4. The fourth-order valence-corrected chi connectivity index (χ4v) is 2.57. The first kappa shape index (κ1) is 28.0. The van der Waals surface area contributed by atoms with Gasteiger partial charge in [0.1, 0.15) is 5.60 Å². The lowest BCUT2D eigenvalue weighted by atomic mass is 10.0. The summed E-state index contributed by atoms with van der Waals surface area (Å²) in [5, 5.41) is 0. The van der Waals surface area contributed by atoms with Gasteiger partial charge in [0.2, 0.25) is 0 Å². The van der Waals surface area contributed by atoms with Gasteiger partial charge in [-0.3, -0.25) is 0 Å². The van der Waals surface area contributed by atoms with Crippen molar-refractivity contribution < 1.29 is 14.3 Å². The van der Waals surface area contributed by atoms with Crippen molar-refractivity contribution in [2.24, 2.45) is 5.92 Å². The Morgan fingerprint density at radius 2 is 1.23 bits per heavy atom. The molecule has 0 heterocycles. The number of hydrogen-bond donors (Lipinski definition) is 0. The average Bonchev–Trinajstić information content (AvgIpc) is 2.68. The summed E-state index contributed by atoms with van der Waals surface area (Å²) in [6, 6.07) is 0.